The van der Waals surface area contributed by atoms with E-state index in [1.807, 2.05) is 38.1 Å². The zero-order valence-electron chi connectivity index (χ0n) is 18.6. The highest BCUT2D eigenvalue weighted by Crippen LogP contribution is 2.37. The Balaban J connectivity index is 1.48. The van der Waals surface area contributed by atoms with E-state index in [1.165, 1.54) is 6.07 Å². The molecule has 2 heterocycles. The van der Waals surface area contributed by atoms with Crippen molar-refractivity contribution in [1.29, 1.82) is 0 Å². The molecule has 3 aromatic rings. The third-order valence-electron chi connectivity index (χ3n) is 5.71. The van der Waals surface area contributed by atoms with Crippen LogP contribution in [0.5, 0.6) is 17.2 Å². The molecule has 32 heavy (non-hydrogen) atoms. The number of hydrogen-bond donors (Lipinski definition) is 0. The number of fused-ring (bicyclic) bond motifs is 2. The van der Waals surface area contributed by atoms with Crippen LogP contribution in [-0.4, -0.2) is 31.9 Å². The van der Waals surface area contributed by atoms with E-state index in [-0.39, 0.29) is 12.4 Å². The summed E-state index contributed by atoms with van der Waals surface area (Å²) in [5.41, 5.74) is 1.10. The Hall–Kier alpha value is -3.48. The number of benzene rings is 2. The van der Waals surface area contributed by atoms with Crippen LogP contribution in [0.15, 0.2) is 51.7 Å². The van der Waals surface area contributed by atoms with Crippen molar-refractivity contribution in [2.24, 2.45) is 0 Å². The molecule has 0 radical (unpaired) electrons. The molecule has 4 rings (SSSR count). The van der Waals surface area contributed by atoms with Gasteiger partial charge >= 0.3 is 11.6 Å². The number of hydrogen-bond acceptors (Lipinski definition) is 7. The van der Waals surface area contributed by atoms with Gasteiger partial charge in [-0.2, -0.15) is 0 Å². The van der Waals surface area contributed by atoms with Gasteiger partial charge in [-0.15, -0.1) is 0 Å². The van der Waals surface area contributed by atoms with E-state index in [2.05, 4.69) is 0 Å². The van der Waals surface area contributed by atoms with Crippen LogP contribution in [0.4, 0.5) is 0 Å². The molecule has 0 aliphatic carbocycles. The Morgan fingerprint density at radius 3 is 2.69 bits per heavy atom. The molecule has 0 fully saturated rings. The maximum atomic E-state index is 12.7. The summed E-state index contributed by atoms with van der Waals surface area (Å²) >= 11 is 0. The summed E-state index contributed by atoms with van der Waals surface area (Å²) in [5.74, 6) is 1.56. The summed E-state index contributed by atoms with van der Waals surface area (Å²) in [6.45, 7) is 3.76. The molecule has 1 aliphatic heterocycles. The molecule has 0 unspecified atom stereocenters. The van der Waals surface area contributed by atoms with Crippen LogP contribution in [-0.2, 0) is 22.4 Å². The van der Waals surface area contributed by atoms with Crippen LogP contribution in [0.3, 0.4) is 0 Å². The minimum atomic E-state index is -0.737. The fourth-order valence-electron chi connectivity index (χ4n) is 3.98. The van der Waals surface area contributed by atoms with Crippen LogP contribution in [0.2, 0.25) is 0 Å². The van der Waals surface area contributed by atoms with Gasteiger partial charge in [-0.3, -0.25) is 4.79 Å². The van der Waals surface area contributed by atoms with Gasteiger partial charge < -0.3 is 23.4 Å². The number of aryl methyl sites for hydroxylation is 1. The van der Waals surface area contributed by atoms with Gasteiger partial charge in [-0.25, -0.2) is 4.79 Å². The molecule has 0 saturated carbocycles. The van der Waals surface area contributed by atoms with E-state index in [1.54, 1.807) is 26.4 Å². The third kappa shape index (κ3) is 4.28. The standard InChI is InChI=1S/C25H26O7/c1-25(2)21(13-17-12-16-9-11-22(26)30-19(16)14-20(17)32-25)31-23(27)10-8-15-6-5-7-18(28-3)24(15)29-4/h5-7,9,11-12,14,21H,8,10,13H2,1-4H3/t21-/m0/s1. The zero-order chi connectivity index (χ0) is 22.9. The topological polar surface area (TPSA) is 84.2 Å². The molecule has 2 aromatic carbocycles. The maximum absolute atomic E-state index is 12.7. The highest BCUT2D eigenvalue weighted by atomic mass is 16.6. The molecule has 1 aromatic heterocycles. The second-order valence-corrected chi connectivity index (χ2v) is 8.29. The first-order valence-electron chi connectivity index (χ1n) is 10.5. The molecule has 0 N–H and O–H groups in total. The first-order chi connectivity index (χ1) is 15.3. The molecule has 0 bridgehead atoms. The molecule has 168 valence electrons. The number of carbonyl (C=O) groups is 1. The predicted molar refractivity (Wildman–Crippen MR) is 119 cm³/mol. The van der Waals surface area contributed by atoms with E-state index in [0.29, 0.717) is 35.7 Å². The highest BCUT2D eigenvalue weighted by molar-refractivity contribution is 5.79. The van der Waals surface area contributed by atoms with E-state index in [9.17, 15) is 9.59 Å². The Morgan fingerprint density at radius 1 is 1.12 bits per heavy atom. The summed E-state index contributed by atoms with van der Waals surface area (Å²) in [4.78, 5) is 24.2. The van der Waals surface area contributed by atoms with Crippen molar-refractivity contribution < 1.29 is 28.2 Å². The Bertz CT molecular complexity index is 1210. The zero-order valence-corrected chi connectivity index (χ0v) is 18.6. The number of ether oxygens (including phenoxy) is 4. The van der Waals surface area contributed by atoms with Gasteiger partial charge in [0.15, 0.2) is 11.5 Å². The van der Waals surface area contributed by atoms with Crippen molar-refractivity contribution in [2.75, 3.05) is 14.2 Å². The van der Waals surface area contributed by atoms with Crippen molar-refractivity contribution in [2.45, 2.75) is 44.8 Å². The first-order valence-corrected chi connectivity index (χ1v) is 10.5. The van der Waals surface area contributed by atoms with Gasteiger partial charge in [0.2, 0.25) is 0 Å². The van der Waals surface area contributed by atoms with Crippen LogP contribution in [0.1, 0.15) is 31.4 Å². The van der Waals surface area contributed by atoms with Gasteiger partial charge in [0.05, 0.1) is 14.2 Å². The average Bonchev–Trinajstić information content (AvgIpc) is 2.76. The predicted octanol–water partition coefficient (Wildman–Crippen LogP) is 4.07. The summed E-state index contributed by atoms with van der Waals surface area (Å²) in [7, 11) is 3.16. The summed E-state index contributed by atoms with van der Waals surface area (Å²) in [6.07, 6.45) is 0.716. The van der Waals surface area contributed by atoms with Crippen molar-refractivity contribution >= 4 is 16.9 Å². The van der Waals surface area contributed by atoms with Gasteiger partial charge in [0, 0.05) is 30.4 Å². The smallest absolute Gasteiger partial charge is 0.336 e. The van der Waals surface area contributed by atoms with Crippen molar-refractivity contribution in [3.63, 3.8) is 0 Å². The highest BCUT2D eigenvalue weighted by Gasteiger charge is 2.40. The van der Waals surface area contributed by atoms with Crippen LogP contribution < -0.4 is 19.8 Å². The normalized spacial score (nSPS) is 16.7. The fraction of sp³-hybridized carbons (Fsp3) is 0.360. The number of carbonyl (C=O) groups excluding carboxylic acids is 1. The van der Waals surface area contributed by atoms with Crippen LogP contribution in [0, 0.1) is 0 Å². The first kappa shape index (κ1) is 21.7. The van der Waals surface area contributed by atoms with Crippen molar-refractivity contribution in [3.05, 3.63) is 64.0 Å². The number of rotatable bonds is 6. The molecule has 0 amide bonds. The molecular formula is C25H26O7. The SMILES string of the molecule is COc1cccc(CCC(=O)O[C@H]2Cc3cc4ccc(=O)oc4cc3OC2(C)C)c1OC. The summed E-state index contributed by atoms with van der Waals surface area (Å²) in [5, 5.41) is 0.793. The van der Waals surface area contributed by atoms with Gasteiger partial charge in [0.1, 0.15) is 23.0 Å². The lowest BCUT2D eigenvalue weighted by Gasteiger charge is -2.39. The molecule has 0 spiro atoms. The monoisotopic (exact) mass is 438 g/mol. The number of para-hydroxylation sites is 1. The Morgan fingerprint density at radius 2 is 1.94 bits per heavy atom. The Kier molecular flexibility index (Phi) is 5.82. The van der Waals surface area contributed by atoms with E-state index < -0.39 is 17.3 Å². The number of esters is 1. The van der Waals surface area contributed by atoms with Crippen LogP contribution in [0.25, 0.3) is 11.0 Å². The van der Waals surface area contributed by atoms with Gasteiger partial charge in [-0.1, -0.05) is 12.1 Å². The Labute approximate surface area is 185 Å². The van der Waals surface area contributed by atoms with Crippen molar-refractivity contribution in [1.82, 2.24) is 0 Å². The lowest BCUT2D eigenvalue weighted by molar-refractivity contribution is -0.161. The van der Waals surface area contributed by atoms with Crippen molar-refractivity contribution in [3.8, 4) is 17.2 Å². The average molecular weight is 438 g/mol. The quantitative estimate of drug-likeness (QED) is 0.424. The van der Waals surface area contributed by atoms with E-state index in [0.717, 1.165) is 16.5 Å². The molecule has 7 heteroatoms. The summed E-state index contributed by atoms with van der Waals surface area (Å²) in [6, 6.07) is 12.3. The third-order valence-corrected chi connectivity index (χ3v) is 5.71. The lowest BCUT2D eigenvalue weighted by Crippen LogP contribution is -2.48. The van der Waals surface area contributed by atoms with E-state index in [4.69, 9.17) is 23.4 Å². The minimum Gasteiger partial charge on any atom is -0.493 e. The molecule has 1 aliphatic rings. The maximum Gasteiger partial charge on any atom is 0.336 e. The van der Waals surface area contributed by atoms with Crippen LogP contribution >= 0.6 is 0 Å². The van der Waals surface area contributed by atoms with E-state index >= 15 is 0 Å². The molecule has 7 nitrogen and oxygen atoms in total. The molecular weight excluding hydrogens is 412 g/mol. The fourth-order valence-corrected chi connectivity index (χ4v) is 3.98. The number of methoxy groups -OCH3 is 2. The minimum absolute atomic E-state index is 0.200. The lowest BCUT2D eigenvalue weighted by atomic mass is 9.90. The van der Waals surface area contributed by atoms with Gasteiger partial charge in [-0.05, 0) is 49.6 Å². The molecule has 1 atom stereocenters. The molecule has 0 saturated heterocycles. The second kappa shape index (κ2) is 8.57. The second-order valence-electron chi connectivity index (χ2n) is 8.29. The largest absolute Gasteiger partial charge is 0.493 e. The van der Waals surface area contributed by atoms with Gasteiger partial charge in [0.25, 0.3) is 0 Å². The summed E-state index contributed by atoms with van der Waals surface area (Å²) < 4.78 is 28.0.